The van der Waals surface area contributed by atoms with Crippen LogP contribution in [-0.2, 0) is 0 Å². The van der Waals surface area contributed by atoms with Gasteiger partial charge >= 0.3 is 0 Å². The lowest BCUT2D eigenvalue weighted by molar-refractivity contribution is 0.265. The first-order valence-corrected chi connectivity index (χ1v) is 6.51. The molecule has 0 aliphatic heterocycles. The molecule has 1 aliphatic rings. The van der Waals surface area contributed by atoms with Gasteiger partial charge in [0.1, 0.15) is 0 Å². The Hall–Kier alpha value is -0.340. The number of nitrogens with one attached hydrogen (secondary N) is 1. The maximum atomic E-state index is 3.53. The fourth-order valence-corrected chi connectivity index (χ4v) is 2.62. The predicted molar refractivity (Wildman–Crippen MR) is 67.9 cm³/mol. The lowest BCUT2D eigenvalue weighted by Gasteiger charge is -2.29. The van der Waals surface area contributed by atoms with Gasteiger partial charge < -0.3 is 5.32 Å². The van der Waals surface area contributed by atoms with E-state index in [1.165, 1.54) is 35.7 Å². The van der Waals surface area contributed by atoms with Crippen molar-refractivity contribution in [1.29, 1.82) is 0 Å². The Bertz CT molecular complexity index is 320. The van der Waals surface area contributed by atoms with Gasteiger partial charge in [0.25, 0.3) is 0 Å². The average Bonchev–Trinajstić information content (AvgIpc) is 2.16. The summed E-state index contributed by atoms with van der Waals surface area (Å²) in [6.07, 6.45) is 5.56. The van der Waals surface area contributed by atoms with Gasteiger partial charge in [-0.05, 0) is 37.1 Å². The second-order valence-electron chi connectivity index (χ2n) is 4.43. The van der Waals surface area contributed by atoms with Crippen LogP contribution in [0.2, 0.25) is 0 Å². The number of rotatable bonds is 4. The van der Waals surface area contributed by atoms with Crippen molar-refractivity contribution in [2.24, 2.45) is 5.92 Å². The van der Waals surface area contributed by atoms with Crippen LogP contribution in [0.5, 0.6) is 0 Å². The minimum atomic E-state index is 0.521. The summed E-state index contributed by atoms with van der Waals surface area (Å²) in [5.41, 5.74) is 1.40. The molecule has 0 saturated heterocycles. The minimum absolute atomic E-state index is 0.521. The molecule has 1 aliphatic carbocycles. The average molecular weight is 268 g/mol. The van der Waals surface area contributed by atoms with Gasteiger partial charge in [0.2, 0.25) is 0 Å². The highest BCUT2D eigenvalue weighted by atomic mass is 79.9. The Morgan fingerprint density at radius 2 is 2.27 bits per heavy atom. The molecule has 2 rings (SSSR count). The molecule has 2 heteroatoms. The van der Waals surface area contributed by atoms with Gasteiger partial charge in [0, 0.05) is 10.5 Å². The number of hydrogen-bond acceptors (Lipinski definition) is 1. The molecule has 0 amide bonds. The van der Waals surface area contributed by atoms with Crippen LogP contribution in [0.4, 0.5) is 0 Å². The minimum Gasteiger partial charge on any atom is -0.313 e. The lowest BCUT2D eigenvalue weighted by Crippen LogP contribution is -2.23. The second-order valence-corrected chi connectivity index (χ2v) is 5.34. The van der Waals surface area contributed by atoms with E-state index in [-0.39, 0.29) is 0 Å². The molecule has 1 fully saturated rings. The second kappa shape index (κ2) is 5.13. The highest BCUT2D eigenvalue weighted by Crippen LogP contribution is 2.34. The molecule has 0 bridgehead atoms. The van der Waals surface area contributed by atoms with Crippen molar-refractivity contribution in [2.75, 3.05) is 7.05 Å². The molecule has 1 atom stereocenters. The van der Waals surface area contributed by atoms with Gasteiger partial charge in [-0.1, -0.05) is 47.3 Å². The van der Waals surface area contributed by atoms with E-state index < -0.39 is 0 Å². The molecule has 1 unspecified atom stereocenters. The summed E-state index contributed by atoms with van der Waals surface area (Å²) in [6.45, 7) is 0. The molecule has 0 radical (unpaired) electrons. The van der Waals surface area contributed by atoms with Crippen molar-refractivity contribution in [3.63, 3.8) is 0 Å². The van der Waals surface area contributed by atoms with Crippen molar-refractivity contribution >= 4 is 15.9 Å². The number of hydrogen-bond donors (Lipinski definition) is 1. The number of halogens is 1. The van der Waals surface area contributed by atoms with Crippen LogP contribution < -0.4 is 5.32 Å². The van der Waals surface area contributed by atoms with Gasteiger partial charge in [0.05, 0.1) is 0 Å². The normalized spacial score (nSPS) is 18.5. The van der Waals surface area contributed by atoms with Crippen LogP contribution in [0.25, 0.3) is 0 Å². The summed E-state index contributed by atoms with van der Waals surface area (Å²) in [5.74, 6) is 0.946. The van der Waals surface area contributed by atoms with Gasteiger partial charge in [-0.3, -0.25) is 0 Å². The molecular weight excluding hydrogens is 250 g/mol. The number of benzene rings is 1. The maximum Gasteiger partial charge on any atom is 0.0320 e. The van der Waals surface area contributed by atoms with E-state index in [0.29, 0.717) is 6.04 Å². The van der Waals surface area contributed by atoms with Gasteiger partial charge in [-0.25, -0.2) is 0 Å². The summed E-state index contributed by atoms with van der Waals surface area (Å²) in [6, 6.07) is 9.15. The molecule has 0 spiro atoms. The summed E-state index contributed by atoms with van der Waals surface area (Å²) < 4.78 is 1.17. The zero-order valence-corrected chi connectivity index (χ0v) is 10.8. The first-order chi connectivity index (χ1) is 7.29. The Kier molecular flexibility index (Phi) is 3.81. The molecular formula is C13H18BrN. The maximum absolute atomic E-state index is 3.53. The third kappa shape index (κ3) is 2.82. The highest BCUT2D eigenvalue weighted by molar-refractivity contribution is 9.10. The zero-order chi connectivity index (χ0) is 10.7. The molecule has 0 heterocycles. The largest absolute Gasteiger partial charge is 0.313 e. The van der Waals surface area contributed by atoms with Crippen molar-refractivity contribution in [2.45, 2.75) is 31.7 Å². The lowest BCUT2D eigenvalue weighted by atomic mass is 9.79. The van der Waals surface area contributed by atoms with Crippen molar-refractivity contribution < 1.29 is 0 Å². The Morgan fingerprint density at radius 3 is 2.80 bits per heavy atom. The van der Waals surface area contributed by atoms with Crippen LogP contribution in [-0.4, -0.2) is 7.05 Å². The summed E-state index contributed by atoms with van der Waals surface area (Å²) in [4.78, 5) is 0. The molecule has 82 valence electrons. The third-order valence-electron chi connectivity index (χ3n) is 3.39. The van der Waals surface area contributed by atoms with E-state index in [0.717, 1.165) is 5.92 Å². The van der Waals surface area contributed by atoms with Crippen molar-refractivity contribution in [3.05, 3.63) is 34.3 Å². The summed E-state index contributed by atoms with van der Waals surface area (Å²) in [7, 11) is 2.06. The topological polar surface area (TPSA) is 12.0 Å². The van der Waals surface area contributed by atoms with E-state index in [4.69, 9.17) is 0 Å². The van der Waals surface area contributed by atoms with Crippen LogP contribution >= 0.6 is 15.9 Å². The standard InChI is InChI=1S/C13H18BrN/c1-15-13(8-10-4-2-5-10)11-6-3-7-12(14)9-11/h3,6-7,9-10,13,15H,2,4-5,8H2,1H3. The quantitative estimate of drug-likeness (QED) is 0.873. The van der Waals surface area contributed by atoms with E-state index >= 15 is 0 Å². The van der Waals surface area contributed by atoms with Gasteiger partial charge in [-0.15, -0.1) is 0 Å². The summed E-state index contributed by atoms with van der Waals surface area (Å²) in [5, 5.41) is 3.42. The highest BCUT2D eigenvalue weighted by Gasteiger charge is 2.22. The fraction of sp³-hybridized carbons (Fsp3) is 0.538. The molecule has 1 N–H and O–H groups in total. The SMILES string of the molecule is CNC(CC1CCC1)c1cccc(Br)c1. The van der Waals surface area contributed by atoms with Crippen molar-refractivity contribution in [3.8, 4) is 0 Å². The van der Waals surface area contributed by atoms with Gasteiger partial charge in [0.15, 0.2) is 0 Å². The molecule has 1 aromatic rings. The Labute approximate surface area is 100 Å². The molecule has 0 aromatic heterocycles. The zero-order valence-electron chi connectivity index (χ0n) is 9.17. The monoisotopic (exact) mass is 267 g/mol. The fourth-order valence-electron chi connectivity index (χ4n) is 2.21. The molecule has 15 heavy (non-hydrogen) atoms. The molecule has 1 aromatic carbocycles. The van der Waals surface area contributed by atoms with Crippen molar-refractivity contribution in [1.82, 2.24) is 5.32 Å². The molecule has 1 nitrogen and oxygen atoms in total. The third-order valence-corrected chi connectivity index (χ3v) is 3.89. The Morgan fingerprint density at radius 1 is 1.47 bits per heavy atom. The van der Waals surface area contributed by atoms with Gasteiger partial charge in [-0.2, -0.15) is 0 Å². The predicted octanol–water partition coefficient (Wildman–Crippen LogP) is 3.90. The van der Waals surface area contributed by atoms with Crippen LogP contribution in [0.1, 0.15) is 37.3 Å². The van der Waals surface area contributed by atoms with E-state index in [2.05, 4.69) is 52.6 Å². The first-order valence-electron chi connectivity index (χ1n) is 5.72. The smallest absolute Gasteiger partial charge is 0.0320 e. The van der Waals surface area contributed by atoms with Crippen LogP contribution in [0.3, 0.4) is 0 Å². The Balaban J connectivity index is 2.04. The molecule has 1 saturated carbocycles. The first kappa shape index (κ1) is 11.2. The summed E-state index contributed by atoms with van der Waals surface area (Å²) >= 11 is 3.53. The van der Waals surface area contributed by atoms with E-state index in [1.807, 2.05) is 0 Å². The van der Waals surface area contributed by atoms with Crippen LogP contribution in [0.15, 0.2) is 28.7 Å². The van der Waals surface area contributed by atoms with E-state index in [1.54, 1.807) is 0 Å². The van der Waals surface area contributed by atoms with Crippen LogP contribution in [0, 0.1) is 5.92 Å². The van der Waals surface area contributed by atoms with E-state index in [9.17, 15) is 0 Å².